The normalized spacial score (nSPS) is 17.2. The number of ether oxygens (including phenoxy) is 2. The van der Waals surface area contributed by atoms with Crippen molar-refractivity contribution in [2.75, 3.05) is 7.11 Å². The van der Waals surface area contributed by atoms with Crippen molar-refractivity contribution in [3.8, 4) is 17.2 Å². The van der Waals surface area contributed by atoms with Crippen molar-refractivity contribution in [1.29, 1.82) is 0 Å². The second-order valence-corrected chi connectivity index (χ2v) is 13.2. The summed E-state index contributed by atoms with van der Waals surface area (Å²) in [4.78, 5) is 0.509. The van der Waals surface area contributed by atoms with Crippen LogP contribution in [0.3, 0.4) is 0 Å². The van der Waals surface area contributed by atoms with Gasteiger partial charge in [0.25, 0.3) is 0 Å². The van der Waals surface area contributed by atoms with Crippen molar-refractivity contribution in [3.63, 3.8) is 0 Å². The van der Waals surface area contributed by atoms with E-state index in [4.69, 9.17) is 9.47 Å². The SMILES string of the molecule is COc1ccc(C2(c3ccc(Oc4ccc(S(=O)(=O)c5ccc(C)cc5)cc4)cc3)C3=C(C=CCC3)c3ccccc32)cc1. The molecule has 0 heterocycles. The molecule has 5 heteroatoms. The van der Waals surface area contributed by atoms with Crippen LogP contribution in [0.4, 0.5) is 0 Å². The van der Waals surface area contributed by atoms with Gasteiger partial charge in [0, 0.05) is 0 Å². The van der Waals surface area contributed by atoms with E-state index in [9.17, 15) is 8.42 Å². The summed E-state index contributed by atoms with van der Waals surface area (Å²) in [6.45, 7) is 1.93. The maximum absolute atomic E-state index is 13.1. The minimum absolute atomic E-state index is 0.232. The summed E-state index contributed by atoms with van der Waals surface area (Å²) in [7, 11) is -1.91. The quantitative estimate of drug-likeness (QED) is 0.188. The summed E-state index contributed by atoms with van der Waals surface area (Å²) in [6.07, 6.45) is 6.53. The number of aryl methyl sites for hydroxylation is 1. The van der Waals surface area contributed by atoms with Gasteiger partial charge in [0.1, 0.15) is 17.2 Å². The zero-order valence-electron chi connectivity index (χ0n) is 24.7. The number of benzene rings is 5. The van der Waals surface area contributed by atoms with E-state index in [0.29, 0.717) is 11.5 Å². The van der Waals surface area contributed by atoms with Crippen LogP contribution >= 0.6 is 0 Å². The average molecular weight is 597 g/mol. The van der Waals surface area contributed by atoms with Gasteiger partial charge in [0.05, 0.1) is 22.3 Å². The monoisotopic (exact) mass is 596 g/mol. The van der Waals surface area contributed by atoms with Crippen LogP contribution in [0.2, 0.25) is 0 Å². The third kappa shape index (κ3) is 4.56. The Balaban J connectivity index is 1.24. The van der Waals surface area contributed by atoms with Crippen molar-refractivity contribution >= 4 is 15.4 Å². The third-order valence-corrected chi connectivity index (χ3v) is 10.5. The van der Waals surface area contributed by atoms with Crippen LogP contribution in [0.5, 0.6) is 17.2 Å². The molecule has 0 bridgehead atoms. The summed E-state index contributed by atoms with van der Waals surface area (Å²) >= 11 is 0. The first-order chi connectivity index (χ1) is 21.4. The maximum Gasteiger partial charge on any atom is 0.206 e. The highest BCUT2D eigenvalue weighted by molar-refractivity contribution is 7.91. The molecule has 2 aliphatic carbocycles. The number of fused-ring (bicyclic) bond motifs is 2. The van der Waals surface area contributed by atoms with Gasteiger partial charge in [-0.15, -0.1) is 0 Å². The molecule has 1 atom stereocenters. The van der Waals surface area contributed by atoms with E-state index in [1.807, 2.05) is 31.2 Å². The second-order valence-electron chi connectivity index (χ2n) is 11.3. The highest BCUT2D eigenvalue weighted by Gasteiger charge is 2.47. The molecule has 0 amide bonds. The Kier molecular flexibility index (Phi) is 6.98. The predicted octanol–water partition coefficient (Wildman–Crippen LogP) is 9.08. The van der Waals surface area contributed by atoms with E-state index in [0.717, 1.165) is 24.2 Å². The molecule has 0 fully saturated rings. The number of sulfone groups is 1. The van der Waals surface area contributed by atoms with E-state index in [1.165, 1.54) is 33.4 Å². The molecule has 44 heavy (non-hydrogen) atoms. The van der Waals surface area contributed by atoms with Crippen molar-refractivity contribution in [2.24, 2.45) is 0 Å². The zero-order valence-corrected chi connectivity index (χ0v) is 25.5. The van der Waals surface area contributed by atoms with Gasteiger partial charge < -0.3 is 9.47 Å². The fraction of sp³-hybridized carbons (Fsp3) is 0.128. The molecule has 0 spiro atoms. The highest BCUT2D eigenvalue weighted by atomic mass is 32.2. The second kappa shape index (κ2) is 11.0. The number of rotatable bonds is 7. The number of allylic oxidation sites excluding steroid dienone is 4. The fourth-order valence-corrected chi connectivity index (χ4v) is 7.89. The molecule has 2 aliphatic rings. The Morgan fingerprint density at radius 1 is 0.659 bits per heavy atom. The first-order valence-electron chi connectivity index (χ1n) is 14.8. The first kappa shape index (κ1) is 27.9. The molecule has 0 aliphatic heterocycles. The van der Waals surface area contributed by atoms with Crippen LogP contribution in [0.25, 0.3) is 5.57 Å². The zero-order chi connectivity index (χ0) is 30.3. The Morgan fingerprint density at radius 3 is 1.82 bits per heavy atom. The predicted molar refractivity (Wildman–Crippen MR) is 174 cm³/mol. The molecule has 4 nitrogen and oxygen atoms in total. The molecule has 7 rings (SSSR count). The van der Waals surface area contributed by atoms with Crippen molar-refractivity contribution in [1.82, 2.24) is 0 Å². The highest BCUT2D eigenvalue weighted by Crippen LogP contribution is 2.57. The van der Waals surface area contributed by atoms with Crippen molar-refractivity contribution in [2.45, 2.75) is 35.0 Å². The van der Waals surface area contributed by atoms with Gasteiger partial charge in [-0.25, -0.2) is 8.42 Å². The molecular weight excluding hydrogens is 564 g/mol. The third-order valence-electron chi connectivity index (χ3n) is 8.76. The summed E-state index contributed by atoms with van der Waals surface area (Å²) in [6, 6.07) is 38.9. The first-order valence-corrected chi connectivity index (χ1v) is 16.2. The molecule has 0 saturated carbocycles. The molecule has 5 aromatic rings. The summed E-state index contributed by atoms with van der Waals surface area (Å²) in [5.74, 6) is 2.07. The number of methoxy groups -OCH3 is 1. The van der Waals surface area contributed by atoms with Gasteiger partial charge in [-0.2, -0.15) is 0 Å². The lowest BCUT2D eigenvalue weighted by molar-refractivity contribution is 0.414. The van der Waals surface area contributed by atoms with Gasteiger partial charge in [-0.1, -0.05) is 78.4 Å². The van der Waals surface area contributed by atoms with E-state index >= 15 is 0 Å². The van der Waals surface area contributed by atoms with Crippen LogP contribution in [-0.4, -0.2) is 15.5 Å². The Morgan fingerprint density at radius 2 is 1.20 bits per heavy atom. The van der Waals surface area contributed by atoms with Gasteiger partial charge in [0.2, 0.25) is 9.84 Å². The molecule has 0 saturated heterocycles. The van der Waals surface area contributed by atoms with Crippen molar-refractivity contribution in [3.05, 3.63) is 167 Å². The molecule has 0 radical (unpaired) electrons. The number of hydrogen-bond donors (Lipinski definition) is 0. The van der Waals surface area contributed by atoms with Crippen LogP contribution in [0.1, 0.15) is 40.7 Å². The van der Waals surface area contributed by atoms with Crippen molar-refractivity contribution < 1.29 is 17.9 Å². The minimum atomic E-state index is -3.60. The minimum Gasteiger partial charge on any atom is -0.497 e. The Bertz CT molecular complexity index is 2000. The van der Waals surface area contributed by atoms with Gasteiger partial charge >= 0.3 is 0 Å². The maximum atomic E-state index is 13.1. The Hall–Kier alpha value is -4.87. The van der Waals surface area contributed by atoms with Gasteiger partial charge in [0.15, 0.2) is 0 Å². The molecule has 1 unspecified atom stereocenters. The van der Waals surface area contributed by atoms with E-state index in [-0.39, 0.29) is 9.79 Å². The smallest absolute Gasteiger partial charge is 0.206 e. The molecule has 218 valence electrons. The lowest BCUT2D eigenvalue weighted by Crippen LogP contribution is -2.30. The van der Waals surface area contributed by atoms with E-state index < -0.39 is 15.3 Å². The summed E-state index contributed by atoms with van der Waals surface area (Å²) in [5.41, 5.74) is 8.21. The molecule has 0 N–H and O–H groups in total. The Labute approximate surface area is 258 Å². The lowest BCUT2D eigenvalue weighted by Gasteiger charge is -2.36. The molecule has 5 aromatic carbocycles. The topological polar surface area (TPSA) is 52.6 Å². The fourth-order valence-electron chi connectivity index (χ4n) is 6.63. The van der Waals surface area contributed by atoms with E-state index in [2.05, 4.69) is 60.7 Å². The molecule has 0 aromatic heterocycles. The lowest BCUT2D eigenvalue weighted by atomic mass is 9.65. The van der Waals surface area contributed by atoms with Crippen LogP contribution in [-0.2, 0) is 15.3 Å². The van der Waals surface area contributed by atoms with Gasteiger partial charge in [-0.05, 0) is 114 Å². The van der Waals surface area contributed by atoms with Gasteiger partial charge in [-0.3, -0.25) is 0 Å². The van der Waals surface area contributed by atoms with Crippen LogP contribution in [0.15, 0.2) is 149 Å². The van der Waals surface area contributed by atoms with E-state index in [1.54, 1.807) is 55.6 Å². The summed E-state index contributed by atoms with van der Waals surface area (Å²) < 4.78 is 37.9. The standard InChI is InChI=1S/C39H32O4S/c1-27-11-23-33(24-12-27)44(40,41)34-25-21-32(22-26-34)43-31-19-15-29(16-20-31)39(28-13-17-30(42-2)18-14-28)37-9-5-3-7-35(37)36-8-4-6-10-38(36)39/h3-5,7-9,11-26H,6,10H2,1-2H3. The van der Waals surface area contributed by atoms with Crippen LogP contribution in [0, 0.1) is 6.92 Å². The summed E-state index contributed by atoms with van der Waals surface area (Å²) in [5, 5.41) is 0. The number of hydrogen-bond acceptors (Lipinski definition) is 4. The molecular formula is C39H32O4S. The largest absolute Gasteiger partial charge is 0.497 e. The average Bonchev–Trinajstić information content (AvgIpc) is 3.37. The van der Waals surface area contributed by atoms with Crippen LogP contribution < -0.4 is 9.47 Å².